The van der Waals surface area contributed by atoms with Crippen molar-refractivity contribution in [1.29, 1.82) is 0 Å². The maximum atomic E-state index is 5.62. The van der Waals surface area contributed by atoms with E-state index in [2.05, 4.69) is 6.92 Å². The molecule has 0 spiro atoms. The van der Waals surface area contributed by atoms with Crippen molar-refractivity contribution in [2.75, 3.05) is 0 Å². The molecule has 92 valence electrons. The monoisotopic (exact) mass is 235 g/mol. The zero-order valence-electron chi connectivity index (χ0n) is 11.9. The second kappa shape index (κ2) is 16.0. The van der Waals surface area contributed by atoms with Crippen molar-refractivity contribution in [3.8, 4) is 0 Å². The van der Waals surface area contributed by atoms with Crippen LogP contribution in [-0.2, 0) is 0 Å². The molecule has 0 atom stereocenters. The summed E-state index contributed by atoms with van der Waals surface area (Å²) in [6.45, 7) is 4.30. The Hall–Kier alpha value is 0.960. The Labute approximate surface area is 125 Å². The van der Waals surface area contributed by atoms with Crippen molar-refractivity contribution in [3.63, 3.8) is 0 Å². The zero-order chi connectivity index (χ0) is 11.4. The molecule has 0 radical (unpaired) electrons. The van der Waals surface area contributed by atoms with Gasteiger partial charge in [0.05, 0.1) is 0 Å². The number of hydrogen-bond acceptors (Lipinski definition) is 1. The third-order valence-corrected chi connectivity index (χ3v) is 2.92. The Bertz CT molecular complexity index is 115. The molecule has 0 aliphatic carbocycles. The fourth-order valence-electron chi connectivity index (χ4n) is 1.89. The van der Waals surface area contributed by atoms with Crippen LogP contribution in [0.1, 0.15) is 84.5 Å². The van der Waals surface area contributed by atoms with Gasteiger partial charge < -0.3 is 5.73 Å². The molecule has 0 fully saturated rings. The summed E-state index contributed by atoms with van der Waals surface area (Å²) in [5, 5.41) is 0. The van der Waals surface area contributed by atoms with E-state index in [-0.39, 0.29) is 29.6 Å². The molecule has 16 heavy (non-hydrogen) atoms. The van der Waals surface area contributed by atoms with Gasteiger partial charge in [0.25, 0.3) is 0 Å². The van der Waals surface area contributed by atoms with Crippen molar-refractivity contribution in [3.05, 3.63) is 6.04 Å². The molecule has 0 aromatic rings. The second-order valence-corrected chi connectivity index (χ2v) is 4.78. The first-order valence-electron chi connectivity index (χ1n) is 6.85. The van der Waals surface area contributed by atoms with E-state index in [0.29, 0.717) is 0 Å². The predicted octanol–water partition coefficient (Wildman–Crippen LogP) is 1.81. The number of rotatable bonds is 11. The van der Waals surface area contributed by atoms with E-state index in [0.717, 1.165) is 12.5 Å². The fourth-order valence-corrected chi connectivity index (χ4v) is 1.89. The van der Waals surface area contributed by atoms with Crippen LogP contribution in [0.15, 0.2) is 0 Å². The smallest absolute Gasteiger partial charge is 0.481 e. The Kier molecular flexibility index (Phi) is 19.3. The maximum absolute atomic E-state index is 5.62. The largest absolute Gasteiger partial charge is 1.00 e. The van der Waals surface area contributed by atoms with Crippen LogP contribution in [-0.4, -0.2) is 0 Å². The molecular weight excluding hydrogens is 205 g/mol. The molecule has 0 aliphatic rings. The molecular formula is C14H30NNa. The number of unbranched alkanes of at least 4 members (excludes halogenated alkanes) is 9. The summed E-state index contributed by atoms with van der Waals surface area (Å²) < 4.78 is 0. The average Bonchev–Trinajstić information content (AvgIpc) is 2.20. The van der Waals surface area contributed by atoms with Crippen molar-refractivity contribution >= 4 is 0 Å². The van der Waals surface area contributed by atoms with Crippen LogP contribution in [0.3, 0.4) is 0 Å². The van der Waals surface area contributed by atoms with Crippen LogP contribution >= 0.6 is 0 Å². The SMILES string of the molecule is CCCCCCCCCCCC[C-](C)N.[Na+]. The quantitative estimate of drug-likeness (QED) is 0.330. The van der Waals surface area contributed by atoms with Crippen LogP contribution in [0.4, 0.5) is 0 Å². The van der Waals surface area contributed by atoms with E-state index in [4.69, 9.17) is 5.73 Å². The molecule has 0 saturated heterocycles. The zero-order valence-corrected chi connectivity index (χ0v) is 13.9. The third kappa shape index (κ3) is 17.4. The van der Waals surface area contributed by atoms with E-state index >= 15 is 0 Å². The Morgan fingerprint density at radius 1 is 0.750 bits per heavy atom. The van der Waals surface area contributed by atoms with Crippen LogP contribution in [0.2, 0.25) is 0 Å². The minimum atomic E-state index is 0. The van der Waals surface area contributed by atoms with Gasteiger partial charge in [-0.1, -0.05) is 71.1 Å². The Morgan fingerprint density at radius 3 is 1.50 bits per heavy atom. The third-order valence-electron chi connectivity index (χ3n) is 2.92. The van der Waals surface area contributed by atoms with E-state index in [1.807, 2.05) is 6.92 Å². The summed E-state index contributed by atoms with van der Waals surface area (Å²) in [5.74, 6) is 0. The van der Waals surface area contributed by atoms with Gasteiger partial charge >= 0.3 is 29.6 Å². The molecule has 0 heterocycles. The van der Waals surface area contributed by atoms with Crippen LogP contribution in [0.5, 0.6) is 0 Å². The van der Waals surface area contributed by atoms with Crippen molar-refractivity contribution < 1.29 is 29.6 Å². The molecule has 2 N–H and O–H groups in total. The van der Waals surface area contributed by atoms with Gasteiger partial charge in [0, 0.05) is 0 Å². The molecule has 0 aromatic carbocycles. The van der Waals surface area contributed by atoms with Crippen LogP contribution in [0, 0.1) is 6.04 Å². The summed E-state index contributed by atoms with van der Waals surface area (Å²) in [7, 11) is 0. The summed E-state index contributed by atoms with van der Waals surface area (Å²) in [6, 6.07) is 1.09. The topological polar surface area (TPSA) is 26.0 Å². The molecule has 0 aliphatic heterocycles. The van der Waals surface area contributed by atoms with Gasteiger partial charge in [-0.25, -0.2) is 0 Å². The fraction of sp³-hybridized carbons (Fsp3) is 0.929. The summed E-state index contributed by atoms with van der Waals surface area (Å²) >= 11 is 0. The van der Waals surface area contributed by atoms with Gasteiger partial charge in [0.1, 0.15) is 0 Å². The molecule has 0 saturated carbocycles. The molecule has 0 amide bonds. The van der Waals surface area contributed by atoms with Gasteiger partial charge in [0.15, 0.2) is 0 Å². The maximum Gasteiger partial charge on any atom is 1.00 e. The van der Waals surface area contributed by atoms with E-state index < -0.39 is 0 Å². The van der Waals surface area contributed by atoms with E-state index in [1.165, 1.54) is 64.2 Å². The minimum Gasteiger partial charge on any atom is -0.481 e. The molecule has 0 rings (SSSR count). The molecule has 0 unspecified atom stereocenters. The second-order valence-electron chi connectivity index (χ2n) is 4.78. The molecule has 0 aromatic heterocycles. The van der Waals surface area contributed by atoms with Crippen LogP contribution < -0.4 is 35.3 Å². The molecule has 0 bridgehead atoms. The van der Waals surface area contributed by atoms with Crippen molar-refractivity contribution in [2.45, 2.75) is 84.5 Å². The summed E-state index contributed by atoms with van der Waals surface area (Å²) in [5.41, 5.74) is 5.62. The van der Waals surface area contributed by atoms with Gasteiger partial charge in [0.2, 0.25) is 0 Å². The Balaban J connectivity index is 0. The van der Waals surface area contributed by atoms with Gasteiger partial charge in [-0.15, -0.1) is 0 Å². The number of hydrogen-bond donors (Lipinski definition) is 1. The number of nitrogens with two attached hydrogens (primary N) is 1. The van der Waals surface area contributed by atoms with Gasteiger partial charge in [-0.3, -0.25) is 6.04 Å². The Morgan fingerprint density at radius 2 is 1.12 bits per heavy atom. The van der Waals surface area contributed by atoms with Crippen molar-refractivity contribution in [2.24, 2.45) is 5.73 Å². The van der Waals surface area contributed by atoms with Gasteiger partial charge in [-0.2, -0.15) is 13.3 Å². The first-order chi connectivity index (χ1) is 7.27. The standard InChI is InChI=1S/C14H30N.Na/c1-3-4-5-6-7-8-9-10-11-12-13-14(2)15;/h3-13,15H2,1-2H3;/q-1;+1. The van der Waals surface area contributed by atoms with E-state index in [1.54, 1.807) is 0 Å². The molecule has 2 heteroatoms. The normalized spacial score (nSPS) is 10.5. The summed E-state index contributed by atoms with van der Waals surface area (Å²) in [4.78, 5) is 0. The average molecular weight is 235 g/mol. The van der Waals surface area contributed by atoms with Gasteiger partial charge in [-0.05, 0) is 0 Å². The minimum absolute atomic E-state index is 0. The van der Waals surface area contributed by atoms with Crippen molar-refractivity contribution in [1.82, 2.24) is 0 Å². The van der Waals surface area contributed by atoms with E-state index in [9.17, 15) is 0 Å². The first kappa shape index (κ1) is 19.3. The summed E-state index contributed by atoms with van der Waals surface area (Å²) in [6.07, 6.45) is 15.2. The first-order valence-corrected chi connectivity index (χ1v) is 6.85. The molecule has 1 nitrogen and oxygen atoms in total. The predicted molar refractivity (Wildman–Crippen MR) is 69.6 cm³/mol. The van der Waals surface area contributed by atoms with Crippen LogP contribution in [0.25, 0.3) is 0 Å².